The maximum absolute atomic E-state index is 3.56. The molecule has 0 atom stereocenters. The molecule has 0 aliphatic carbocycles. The van der Waals surface area contributed by atoms with Gasteiger partial charge in [0.1, 0.15) is 0 Å². The van der Waals surface area contributed by atoms with E-state index in [-0.39, 0.29) is 79.8 Å². The molecule has 0 aromatic rings. The maximum atomic E-state index is 3.56. The second-order valence-electron chi connectivity index (χ2n) is 1.03. The van der Waals surface area contributed by atoms with Gasteiger partial charge < -0.3 is 26.0 Å². The first-order valence-electron chi connectivity index (χ1n) is 1.60. The molecule has 0 saturated heterocycles. The van der Waals surface area contributed by atoms with Crippen LogP contribution in [0.4, 0.5) is 0 Å². The van der Waals surface area contributed by atoms with E-state index in [1.54, 1.807) is 0 Å². The molecule has 0 amide bonds. The second-order valence-corrected chi connectivity index (χ2v) is 1.03. The molecule has 0 bridgehead atoms. The summed E-state index contributed by atoms with van der Waals surface area (Å²) in [5.74, 6) is 0. The SMILES string of the molecule is [CH2-]C(C)=[C-]C.[CH3-].[V].[W].[Y]. The maximum Gasteiger partial charge on any atom is 0 e. The molecule has 3 heteroatoms. The number of allylic oxidation sites excluding steroid dienone is 2. The van der Waals surface area contributed by atoms with Gasteiger partial charge in [0.15, 0.2) is 0 Å². The second kappa shape index (κ2) is 22.5. The van der Waals surface area contributed by atoms with Crippen LogP contribution in [0.3, 0.4) is 0 Å². The summed E-state index contributed by atoms with van der Waals surface area (Å²) in [7, 11) is 0. The first-order chi connectivity index (χ1) is 2.27. The fourth-order valence-electron chi connectivity index (χ4n) is 0. The minimum Gasteiger partial charge on any atom is -0.532 e. The van der Waals surface area contributed by atoms with E-state index in [1.807, 2.05) is 13.8 Å². The van der Waals surface area contributed by atoms with Gasteiger partial charge >= 0.3 is 0 Å². The molecule has 0 rings (SSSR count). The van der Waals surface area contributed by atoms with E-state index in [4.69, 9.17) is 0 Å². The van der Waals surface area contributed by atoms with Crippen LogP contribution in [-0.2, 0) is 72.3 Å². The Balaban J connectivity index is -0.0000000133. The van der Waals surface area contributed by atoms with Crippen LogP contribution >= 0.6 is 0 Å². The topological polar surface area (TPSA) is 0 Å². The first kappa shape index (κ1) is 30.6. The average molecular weight is 407 g/mol. The van der Waals surface area contributed by atoms with Gasteiger partial charge in [0.25, 0.3) is 0 Å². The van der Waals surface area contributed by atoms with Crippen LogP contribution in [0.1, 0.15) is 13.8 Å². The van der Waals surface area contributed by atoms with E-state index in [2.05, 4.69) is 13.0 Å². The molecule has 0 saturated carbocycles. The minimum atomic E-state index is 0. The Morgan fingerprint density at radius 2 is 1.56 bits per heavy atom. The fraction of sp³-hybridized carbons (Fsp3) is 0.333. The predicted molar refractivity (Wildman–Crippen MR) is 29.9 cm³/mol. The fourth-order valence-corrected chi connectivity index (χ4v) is 0. The summed E-state index contributed by atoms with van der Waals surface area (Å²) in [5.41, 5.74) is 1.00. The van der Waals surface area contributed by atoms with Crippen molar-refractivity contribution in [3.8, 4) is 0 Å². The molecular weight excluding hydrogens is 396 g/mol. The Morgan fingerprint density at radius 1 is 1.44 bits per heavy atom. The first-order valence-corrected chi connectivity index (χ1v) is 1.60. The zero-order valence-electron chi connectivity index (χ0n) is 6.14. The number of rotatable bonds is 0. The summed E-state index contributed by atoms with van der Waals surface area (Å²) in [4.78, 5) is 0. The van der Waals surface area contributed by atoms with E-state index >= 15 is 0 Å². The van der Waals surface area contributed by atoms with Crippen molar-refractivity contribution in [3.05, 3.63) is 26.0 Å². The van der Waals surface area contributed by atoms with Gasteiger partial charge in [0, 0.05) is 72.3 Å². The van der Waals surface area contributed by atoms with Gasteiger partial charge in [-0.25, -0.2) is 6.92 Å². The minimum absolute atomic E-state index is 0. The van der Waals surface area contributed by atoms with Crippen LogP contribution in [0.2, 0.25) is 0 Å². The molecule has 0 aliphatic heterocycles. The molecule has 0 heterocycles. The van der Waals surface area contributed by atoms with Gasteiger partial charge in [-0.05, 0) is 0 Å². The number of hydrogen-bond acceptors (Lipinski definition) is 0. The van der Waals surface area contributed by atoms with Crippen molar-refractivity contribution in [2.75, 3.05) is 0 Å². The summed E-state index contributed by atoms with van der Waals surface area (Å²) >= 11 is 0. The Hall–Kier alpha value is 1.99. The van der Waals surface area contributed by atoms with Crippen molar-refractivity contribution in [1.82, 2.24) is 0 Å². The van der Waals surface area contributed by atoms with Crippen LogP contribution in [0.5, 0.6) is 0 Å². The third-order valence-corrected chi connectivity index (χ3v) is 0.427. The normalized spacial score (nSPS) is 6.67. The smallest absolute Gasteiger partial charge is 0 e. The van der Waals surface area contributed by atoms with Gasteiger partial charge in [-0.3, -0.25) is 0 Å². The monoisotopic (exact) mass is 407 g/mol. The van der Waals surface area contributed by atoms with Crippen LogP contribution in [0.15, 0.2) is 5.57 Å². The van der Waals surface area contributed by atoms with Crippen molar-refractivity contribution in [2.45, 2.75) is 13.8 Å². The van der Waals surface area contributed by atoms with Gasteiger partial charge in [-0.1, -0.05) is 0 Å². The Bertz CT molecular complexity index is 51.0. The Labute approximate surface area is 111 Å². The molecule has 0 spiro atoms. The standard InChI is InChI=1S/C5H8.CH3.V.W.Y/c1-4-5(2)3;;;;/h2H2,1,3H3;1H3;;;/q-2;-1;;;. The van der Waals surface area contributed by atoms with E-state index in [0.717, 1.165) is 5.57 Å². The van der Waals surface area contributed by atoms with E-state index < -0.39 is 0 Å². The van der Waals surface area contributed by atoms with Gasteiger partial charge in [-0.2, -0.15) is 0 Å². The average Bonchev–Trinajstić information content (AvgIpc) is 1.38. The third kappa shape index (κ3) is 40.1. The van der Waals surface area contributed by atoms with Gasteiger partial charge in [-0.15, -0.1) is 6.92 Å². The van der Waals surface area contributed by atoms with Gasteiger partial charge in [0.05, 0.1) is 0 Å². The van der Waals surface area contributed by atoms with Crippen LogP contribution in [-0.4, -0.2) is 0 Å². The van der Waals surface area contributed by atoms with E-state index in [0.29, 0.717) is 0 Å². The molecule has 0 aromatic carbocycles. The third-order valence-electron chi connectivity index (χ3n) is 0.427. The molecule has 9 heavy (non-hydrogen) atoms. The number of hydrogen-bond donors (Lipinski definition) is 0. The summed E-state index contributed by atoms with van der Waals surface area (Å²) in [6.45, 7) is 7.33. The van der Waals surface area contributed by atoms with Crippen LogP contribution < -0.4 is 0 Å². The Morgan fingerprint density at radius 3 is 1.56 bits per heavy atom. The summed E-state index contributed by atoms with van der Waals surface area (Å²) in [6.07, 6.45) is 2.83. The molecule has 52 valence electrons. The van der Waals surface area contributed by atoms with Crippen molar-refractivity contribution >= 4 is 0 Å². The molecule has 0 unspecified atom stereocenters. The van der Waals surface area contributed by atoms with Crippen LogP contribution in [0, 0.1) is 20.4 Å². The Kier molecular flexibility index (Phi) is 76.4. The zero-order chi connectivity index (χ0) is 4.28. The quantitative estimate of drug-likeness (QED) is 0.540. The molecular formula is C6H11VWY-3. The largest absolute Gasteiger partial charge is 0.532 e. The van der Waals surface area contributed by atoms with Gasteiger partial charge in [0.2, 0.25) is 0 Å². The summed E-state index contributed by atoms with van der Waals surface area (Å²) < 4.78 is 0. The molecule has 0 nitrogen and oxygen atoms in total. The summed E-state index contributed by atoms with van der Waals surface area (Å²) in [6, 6.07) is 0. The van der Waals surface area contributed by atoms with Crippen LogP contribution in [0.25, 0.3) is 0 Å². The van der Waals surface area contributed by atoms with Crippen molar-refractivity contribution in [2.24, 2.45) is 0 Å². The molecule has 0 aromatic heterocycles. The predicted octanol–water partition coefficient (Wildman–Crippen LogP) is 2.03. The van der Waals surface area contributed by atoms with E-state index in [1.165, 1.54) is 0 Å². The molecule has 2 radical (unpaired) electrons. The molecule has 0 aliphatic rings. The molecule has 0 N–H and O–H groups in total. The zero-order valence-corrected chi connectivity index (χ0v) is 13.3. The summed E-state index contributed by atoms with van der Waals surface area (Å²) in [5, 5.41) is 0. The van der Waals surface area contributed by atoms with E-state index in [9.17, 15) is 0 Å². The van der Waals surface area contributed by atoms with Crippen molar-refractivity contribution in [3.63, 3.8) is 0 Å². The molecule has 0 fully saturated rings. The van der Waals surface area contributed by atoms with Crippen molar-refractivity contribution in [1.29, 1.82) is 0 Å². The van der Waals surface area contributed by atoms with Crippen molar-refractivity contribution < 1.29 is 72.3 Å².